The lowest BCUT2D eigenvalue weighted by molar-refractivity contribution is -0.119. The molecule has 2 aromatic rings. The summed E-state index contributed by atoms with van der Waals surface area (Å²) >= 11 is 1.26. The number of nitrogens with zero attached hydrogens (tertiary/aromatic N) is 3. The predicted octanol–water partition coefficient (Wildman–Crippen LogP) is 2.68. The molecule has 1 aromatic heterocycles. The number of rotatable bonds is 6. The molecule has 0 radical (unpaired) electrons. The van der Waals surface area contributed by atoms with Crippen LogP contribution in [0.15, 0.2) is 29.4 Å². The fraction of sp³-hybridized carbons (Fsp3) is 0.412. The molecule has 1 aromatic carbocycles. The molecule has 0 saturated heterocycles. The maximum atomic E-state index is 12.1. The van der Waals surface area contributed by atoms with E-state index >= 15 is 0 Å². The maximum Gasteiger partial charge on any atom is 0.231 e. The van der Waals surface area contributed by atoms with Crippen LogP contribution in [0.3, 0.4) is 0 Å². The van der Waals surface area contributed by atoms with E-state index in [2.05, 4.69) is 26.6 Å². The van der Waals surface area contributed by atoms with E-state index in [4.69, 9.17) is 0 Å². The van der Waals surface area contributed by atoms with E-state index in [1.54, 1.807) is 6.92 Å². The van der Waals surface area contributed by atoms with Crippen molar-refractivity contribution in [2.24, 2.45) is 5.92 Å². The third-order valence-corrected chi connectivity index (χ3v) is 4.99. The van der Waals surface area contributed by atoms with Gasteiger partial charge >= 0.3 is 0 Å². The van der Waals surface area contributed by atoms with Crippen LogP contribution in [0.4, 0.5) is 0 Å². The highest BCUT2D eigenvalue weighted by Crippen LogP contribution is 2.39. The molecule has 0 unspecified atom stereocenters. The number of carbonyl (C=O) groups is 1. The van der Waals surface area contributed by atoms with E-state index in [1.807, 2.05) is 31.2 Å². The summed E-state index contributed by atoms with van der Waals surface area (Å²) in [7, 11) is 0. The van der Waals surface area contributed by atoms with Crippen LogP contribution in [0.25, 0.3) is 11.4 Å². The van der Waals surface area contributed by atoms with E-state index in [0.717, 1.165) is 18.4 Å². The van der Waals surface area contributed by atoms with Crippen LogP contribution in [-0.2, 0) is 4.79 Å². The van der Waals surface area contributed by atoms with E-state index in [0.29, 0.717) is 11.0 Å². The zero-order valence-corrected chi connectivity index (χ0v) is 14.5. The third-order valence-electron chi connectivity index (χ3n) is 4.15. The van der Waals surface area contributed by atoms with E-state index in [1.165, 1.54) is 17.3 Å². The molecule has 0 spiro atoms. The van der Waals surface area contributed by atoms with Crippen molar-refractivity contribution in [3.05, 3.63) is 29.8 Å². The zero-order valence-electron chi connectivity index (χ0n) is 13.7. The molecule has 124 valence electrons. The largest absolute Gasteiger partial charge is 0.337 e. The number of benzene rings is 1. The molecule has 2 N–H and O–H groups in total. The topological polar surface area (TPSA) is 94.5 Å². The molecule has 1 amide bonds. The number of aryl methyl sites for hydroxylation is 1. The van der Waals surface area contributed by atoms with Crippen LogP contribution < -0.4 is 5.32 Å². The van der Waals surface area contributed by atoms with Gasteiger partial charge in [-0.15, -0.1) is 5.10 Å². The molecule has 1 aliphatic carbocycles. The molecule has 1 fully saturated rings. The number of hydrogen-bond acceptors (Lipinski definition) is 5. The average molecular weight is 341 g/mol. The van der Waals surface area contributed by atoms with Crippen molar-refractivity contribution in [2.45, 2.75) is 37.4 Å². The van der Waals surface area contributed by atoms with Gasteiger partial charge in [-0.2, -0.15) is 5.26 Å². The summed E-state index contributed by atoms with van der Waals surface area (Å²) in [6.45, 7) is 3.82. The molecular formula is C17H19N5OS. The first kappa shape index (κ1) is 16.5. The SMILES string of the molecule is Cc1ccc(-c2nc(SCC(=O)N[C@@](C)(C#N)C3CC3)n[nH]2)cc1. The van der Waals surface area contributed by atoms with E-state index < -0.39 is 5.54 Å². The van der Waals surface area contributed by atoms with E-state index in [-0.39, 0.29) is 17.6 Å². The number of amides is 1. The van der Waals surface area contributed by atoms with Crippen LogP contribution in [0.2, 0.25) is 0 Å². The summed E-state index contributed by atoms with van der Waals surface area (Å²) in [5.74, 6) is 0.971. The highest BCUT2D eigenvalue weighted by molar-refractivity contribution is 7.99. The zero-order chi connectivity index (χ0) is 17.2. The number of hydrogen-bond donors (Lipinski definition) is 2. The first-order valence-corrected chi connectivity index (χ1v) is 8.83. The van der Waals surface area contributed by atoms with Crippen LogP contribution in [-0.4, -0.2) is 32.4 Å². The van der Waals surface area contributed by atoms with Crippen molar-refractivity contribution < 1.29 is 4.79 Å². The number of nitriles is 1. The van der Waals surface area contributed by atoms with Crippen molar-refractivity contribution in [1.82, 2.24) is 20.5 Å². The summed E-state index contributed by atoms with van der Waals surface area (Å²) in [4.78, 5) is 16.5. The summed E-state index contributed by atoms with van der Waals surface area (Å²) in [6.07, 6.45) is 2.00. The Hall–Kier alpha value is -2.33. The Kier molecular flexibility index (Phi) is 4.58. The lowest BCUT2D eigenvalue weighted by atomic mass is 9.98. The Bertz CT molecular complexity index is 775. The highest BCUT2D eigenvalue weighted by Gasteiger charge is 2.42. The van der Waals surface area contributed by atoms with Gasteiger partial charge in [-0.05, 0) is 32.6 Å². The molecule has 7 heteroatoms. The summed E-state index contributed by atoms with van der Waals surface area (Å²) in [6, 6.07) is 10.2. The number of carbonyl (C=O) groups excluding carboxylic acids is 1. The highest BCUT2D eigenvalue weighted by atomic mass is 32.2. The Morgan fingerprint density at radius 1 is 1.46 bits per heavy atom. The number of H-pyrrole nitrogens is 1. The number of aromatic amines is 1. The van der Waals surface area contributed by atoms with Gasteiger partial charge < -0.3 is 5.32 Å². The van der Waals surface area contributed by atoms with Crippen LogP contribution in [0.1, 0.15) is 25.3 Å². The number of aromatic nitrogens is 3. The summed E-state index contributed by atoms with van der Waals surface area (Å²) in [5.41, 5.74) is 1.37. The molecule has 1 saturated carbocycles. The minimum absolute atomic E-state index is 0.169. The smallest absolute Gasteiger partial charge is 0.231 e. The van der Waals surface area contributed by atoms with Crippen molar-refractivity contribution in [1.29, 1.82) is 5.26 Å². The molecule has 3 rings (SSSR count). The molecule has 6 nitrogen and oxygen atoms in total. The normalized spacial score (nSPS) is 16.2. The lowest BCUT2D eigenvalue weighted by Gasteiger charge is -2.22. The van der Waals surface area contributed by atoms with Gasteiger partial charge in [-0.1, -0.05) is 41.6 Å². The Morgan fingerprint density at radius 2 is 2.17 bits per heavy atom. The first-order chi connectivity index (χ1) is 11.5. The van der Waals surface area contributed by atoms with Crippen molar-refractivity contribution in [3.8, 4) is 17.5 Å². The van der Waals surface area contributed by atoms with Gasteiger partial charge in [-0.25, -0.2) is 4.98 Å². The lowest BCUT2D eigenvalue weighted by Crippen LogP contribution is -2.47. The second kappa shape index (κ2) is 6.65. The Morgan fingerprint density at radius 3 is 2.79 bits per heavy atom. The van der Waals surface area contributed by atoms with Gasteiger partial charge in [0.05, 0.1) is 11.8 Å². The van der Waals surface area contributed by atoms with Gasteiger partial charge in [0.1, 0.15) is 5.54 Å². The molecule has 0 aliphatic heterocycles. The molecule has 1 aliphatic rings. The second-order valence-corrected chi connectivity index (χ2v) is 7.20. The number of thioether (sulfide) groups is 1. The first-order valence-electron chi connectivity index (χ1n) is 7.85. The van der Waals surface area contributed by atoms with Gasteiger partial charge in [0.15, 0.2) is 5.82 Å². The van der Waals surface area contributed by atoms with Crippen molar-refractivity contribution in [3.63, 3.8) is 0 Å². The predicted molar refractivity (Wildman–Crippen MR) is 92.2 cm³/mol. The molecule has 1 atom stereocenters. The summed E-state index contributed by atoms with van der Waals surface area (Å²) < 4.78 is 0. The van der Waals surface area contributed by atoms with Gasteiger partial charge in [-0.3, -0.25) is 9.89 Å². The standard InChI is InChI=1S/C17H19N5OS/c1-11-3-5-12(6-4-11)15-19-16(22-21-15)24-9-14(23)20-17(2,10-18)13-7-8-13/h3-6,13H,7-9H2,1-2H3,(H,20,23)(H,19,21,22)/t17-/m0/s1. The van der Waals surface area contributed by atoms with Crippen molar-refractivity contribution in [2.75, 3.05) is 5.75 Å². The van der Waals surface area contributed by atoms with Crippen LogP contribution >= 0.6 is 11.8 Å². The molecule has 24 heavy (non-hydrogen) atoms. The molecular weight excluding hydrogens is 322 g/mol. The monoisotopic (exact) mass is 341 g/mol. The quantitative estimate of drug-likeness (QED) is 0.788. The van der Waals surface area contributed by atoms with E-state index in [9.17, 15) is 10.1 Å². The Balaban J connectivity index is 1.56. The van der Waals surface area contributed by atoms with Crippen molar-refractivity contribution >= 4 is 17.7 Å². The number of nitrogens with one attached hydrogen (secondary N) is 2. The second-order valence-electron chi connectivity index (χ2n) is 6.26. The fourth-order valence-corrected chi connectivity index (χ4v) is 3.09. The Labute approximate surface area is 145 Å². The van der Waals surface area contributed by atoms with Gasteiger partial charge in [0.25, 0.3) is 0 Å². The maximum absolute atomic E-state index is 12.1. The fourth-order valence-electron chi connectivity index (χ4n) is 2.49. The van der Waals surface area contributed by atoms with Crippen LogP contribution in [0, 0.1) is 24.2 Å². The minimum Gasteiger partial charge on any atom is -0.337 e. The molecule has 1 heterocycles. The van der Waals surface area contributed by atoms with Crippen LogP contribution in [0.5, 0.6) is 0 Å². The third kappa shape index (κ3) is 3.77. The minimum atomic E-state index is -0.760. The summed E-state index contributed by atoms with van der Waals surface area (Å²) in [5, 5.41) is 19.6. The average Bonchev–Trinajstić information content (AvgIpc) is 3.33. The van der Waals surface area contributed by atoms with Gasteiger partial charge in [0.2, 0.25) is 11.1 Å². The molecule has 0 bridgehead atoms. The van der Waals surface area contributed by atoms with Gasteiger partial charge in [0, 0.05) is 5.56 Å².